The monoisotopic (exact) mass is 200 g/mol. The third-order valence-corrected chi connectivity index (χ3v) is 2.70. The third kappa shape index (κ3) is 2.38. The summed E-state index contributed by atoms with van der Waals surface area (Å²) < 4.78 is 5.08. The predicted octanol–water partition coefficient (Wildman–Crippen LogP) is 1.07. The number of amides is 2. The molecule has 2 amide bonds. The minimum Gasteiger partial charge on any atom is -0.384 e. The summed E-state index contributed by atoms with van der Waals surface area (Å²) in [6, 6.07) is 0.549. The van der Waals surface area contributed by atoms with Gasteiger partial charge in [-0.3, -0.25) is 0 Å². The van der Waals surface area contributed by atoms with Crippen LogP contribution in [-0.4, -0.2) is 43.3 Å². The van der Waals surface area contributed by atoms with Crippen LogP contribution in [0.5, 0.6) is 0 Å². The van der Waals surface area contributed by atoms with Gasteiger partial charge < -0.3 is 15.0 Å². The summed E-state index contributed by atoms with van der Waals surface area (Å²) in [7, 11) is 1.69. The molecule has 2 atom stereocenters. The molecule has 1 rings (SSSR count). The molecule has 0 saturated carbocycles. The molecule has 1 aliphatic rings. The van der Waals surface area contributed by atoms with Crippen LogP contribution in [0.4, 0.5) is 4.79 Å². The number of ether oxygens (including phenoxy) is 1. The molecule has 1 fully saturated rings. The molecule has 0 spiro atoms. The standard InChI is InChI=1S/C10H20N2O2/c1-7(2)12-5-9(11-10(12)13)8(3)6-14-4/h7-9H,5-6H2,1-4H3,(H,11,13). The predicted molar refractivity (Wildman–Crippen MR) is 55.2 cm³/mol. The van der Waals surface area contributed by atoms with Crippen LogP contribution in [0.25, 0.3) is 0 Å². The molecule has 0 bridgehead atoms. The van der Waals surface area contributed by atoms with E-state index in [9.17, 15) is 4.79 Å². The van der Waals surface area contributed by atoms with Crippen LogP contribution in [0.15, 0.2) is 0 Å². The maximum Gasteiger partial charge on any atom is 0.317 e. The Morgan fingerprint density at radius 3 is 2.64 bits per heavy atom. The van der Waals surface area contributed by atoms with Gasteiger partial charge in [0, 0.05) is 25.6 Å². The Bertz CT molecular complexity index is 206. The van der Waals surface area contributed by atoms with Gasteiger partial charge in [-0.2, -0.15) is 0 Å². The summed E-state index contributed by atoms with van der Waals surface area (Å²) in [6.45, 7) is 7.64. The fourth-order valence-electron chi connectivity index (χ4n) is 1.73. The maximum atomic E-state index is 11.5. The van der Waals surface area contributed by atoms with Gasteiger partial charge in [-0.05, 0) is 13.8 Å². The summed E-state index contributed by atoms with van der Waals surface area (Å²) in [4.78, 5) is 13.4. The number of hydrogen-bond acceptors (Lipinski definition) is 2. The van der Waals surface area contributed by atoms with Gasteiger partial charge in [0.05, 0.1) is 12.6 Å². The van der Waals surface area contributed by atoms with Crippen molar-refractivity contribution in [1.29, 1.82) is 0 Å². The molecule has 1 N–H and O–H groups in total. The molecular formula is C10H20N2O2. The summed E-state index contributed by atoms with van der Waals surface area (Å²) >= 11 is 0. The Balaban J connectivity index is 2.50. The average Bonchev–Trinajstić information content (AvgIpc) is 2.48. The first kappa shape index (κ1) is 11.3. The molecule has 1 saturated heterocycles. The van der Waals surface area contributed by atoms with Crippen molar-refractivity contribution in [2.45, 2.75) is 32.9 Å². The fourth-order valence-corrected chi connectivity index (χ4v) is 1.73. The lowest BCUT2D eigenvalue weighted by Crippen LogP contribution is -2.34. The van der Waals surface area contributed by atoms with Crippen LogP contribution in [0.3, 0.4) is 0 Å². The van der Waals surface area contributed by atoms with E-state index in [4.69, 9.17) is 4.74 Å². The van der Waals surface area contributed by atoms with Gasteiger partial charge in [0.25, 0.3) is 0 Å². The van der Waals surface area contributed by atoms with E-state index < -0.39 is 0 Å². The van der Waals surface area contributed by atoms with E-state index in [1.165, 1.54) is 0 Å². The van der Waals surface area contributed by atoms with Crippen molar-refractivity contribution in [1.82, 2.24) is 10.2 Å². The first-order valence-corrected chi connectivity index (χ1v) is 5.12. The first-order chi connectivity index (χ1) is 6.56. The lowest BCUT2D eigenvalue weighted by molar-refractivity contribution is 0.142. The summed E-state index contributed by atoms with van der Waals surface area (Å²) in [5, 5.41) is 2.98. The van der Waals surface area contributed by atoms with Crippen molar-refractivity contribution < 1.29 is 9.53 Å². The molecule has 0 aromatic heterocycles. The highest BCUT2D eigenvalue weighted by atomic mass is 16.5. The molecule has 4 heteroatoms. The van der Waals surface area contributed by atoms with Crippen molar-refractivity contribution in [3.8, 4) is 0 Å². The number of carbonyl (C=O) groups is 1. The van der Waals surface area contributed by atoms with E-state index in [0.29, 0.717) is 12.5 Å². The van der Waals surface area contributed by atoms with Crippen LogP contribution in [0.1, 0.15) is 20.8 Å². The maximum absolute atomic E-state index is 11.5. The highest BCUT2D eigenvalue weighted by Gasteiger charge is 2.33. The Hall–Kier alpha value is -0.770. The number of nitrogens with zero attached hydrogens (tertiary/aromatic N) is 1. The molecule has 82 valence electrons. The molecule has 4 nitrogen and oxygen atoms in total. The first-order valence-electron chi connectivity index (χ1n) is 5.12. The van der Waals surface area contributed by atoms with Crippen molar-refractivity contribution in [2.24, 2.45) is 5.92 Å². The summed E-state index contributed by atoms with van der Waals surface area (Å²) in [5.74, 6) is 0.368. The van der Waals surface area contributed by atoms with Crippen molar-refractivity contribution in [3.63, 3.8) is 0 Å². The second-order valence-electron chi connectivity index (χ2n) is 4.23. The van der Waals surface area contributed by atoms with Gasteiger partial charge in [-0.25, -0.2) is 4.79 Å². The van der Waals surface area contributed by atoms with E-state index in [1.807, 2.05) is 18.7 Å². The molecule has 2 unspecified atom stereocenters. The highest BCUT2D eigenvalue weighted by Crippen LogP contribution is 2.14. The smallest absolute Gasteiger partial charge is 0.317 e. The molecule has 0 aliphatic carbocycles. The third-order valence-electron chi connectivity index (χ3n) is 2.70. The second-order valence-corrected chi connectivity index (χ2v) is 4.23. The van der Waals surface area contributed by atoms with Gasteiger partial charge in [-0.15, -0.1) is 0 Å². The number of hydrogen-bond donors (Lipinski definition) is 1. The number of carbonyl (C=O) groups excluding carboxylic acids is 1. The van der Waals surface area contributed by atoms with Crippen molar-refractivity contribution in [3.05, 3.63) is 0 Å². The molecule has 0 radical (unpaired) electrons. The van der Waals surface area contributed by atoms with Gasteiger partial charge >= 0.3 is 6.03 Å². The number of methoxy groups -OCH3 is 1. The Morgan fingerprint density at radius 1 is 1.57 bits per heavy atom. The largest absolute Gasteiger partial charge is 0.384 e. The number of rotatable bonds is 4. The summed E-state index contributed by atoms with van der Waals surface area (Å²) in [6.07, 6.45) is 0. The zero-order chi connectivity index (χ0) is 10.7. The van der Waals surface area contributed by atoms with Gasteiger partial charge in [0.2, 0.25) is 0 Å². The van der Waals surface area contributed by atoms with Crippen LogP contribution in [-0.2, 0) is 4.74 Å². The average molecular weight is 200 g/mol. The minimum atomic E-state index is 0.0490. The zero-order valence-electron chi connectivity index (χ0n) is 9.41. The lowest BCUT2D eigenvalue weighted by Gasteiger charge is -2.20. The van der Waals surface area contributed by atoms with E-state index in [1.54, 1.807) is 7.11 Å². The van der Waals surface area contributed by atoms with Crippen LogP contribution >= 0.6 is 0 Å². The molecule has 0 aromatic carbocycles. The van der Waals surface area contributed by atoms with Crippen molar-refractivity contribution in [2.75, 3.05) is 20.3 Å². The minimum absolute atomic E-state index is 0.0490. The van der Waals surface area contributed by atoms with E-state index >= 15 is 0 Å². The molecule has 0 aromatic rings. The fraction of sp³-hybridized carbons (Fsp3) is 0.900. The molecule has 1 heterocycles. The Kier molecular flexibility index (Phi) is 3.75. The second kappa shape index (κ2) is 4.64. The highest BCUT2D eigenvalue weighted by molar-refractivity contribution is 5.77. The van der Waals surface area contributed by atoms with E-state index in [-0.39, 0.29) is 18.1 Å². The Morgan fingerprint density at radius 2 is 2.21 bits per heavy atom. The Labute approximate surface area is 85.6 Å². The molecule has 14 heavy (non-hydrogen) atoms. The van der Waals surface area contributed by atoms with Gasteiger partial charge in [0.15, 0.2) is 0 Å². The zero-order valence-corrected chi connectivity index (χ0v) is 9.41. The lowest BCUT2D eigenvalue weighted by atomic mass is 10.0. The van der Waals surface area contributed by atoms with E-state index in [0.717, 1.165) is 6.54 Å². The summed E-state index contributed by atoms with van der Waals surface area (Å²) in [5.41, 5.74) is 0. The molecular weight excluding hydrogens is 180 g/mol. The van der Waals surface area contributed by atoms with Gasteiger partial charge in [-0.1, -0.05) is 6.92 Å². The quantitative estimate of drug-likeness (QED) is 0.737. The number of urea groups is 1. The van der Waals surface area contributed by atoms with Crippen molar-refractivity contribution >= 4 is 6.03 Å². The van der Waals surface area contributed by atoms with Gasteiger partial charge in [0.1, 0.15) is 0 Å². The normalized spacial score (nSPS) is 24.2. The number of nitrogens with one attached hydrogen (secondary N) is 1. The van der Waals surface area contributed by atoms with Crippen LogP contribution in [0.2, 0.25) is 0 Å². The topological polar surface area (TPSA) is 41.6 Å². The SMILES string of the molecule is COCC(C)C1CN(C(C)C)C(=O)N1. The van der Waals surface area contributed by atoms with Crippen LogP contribution in [0, 0.1) is 5.92 Å². The van der Waals surface area contributed by atoms with Crippen LogP contribution < -0.4 is 5.32 Å². The molecule has 1 aliphatic heterocycles. The van der Waals surface area contributed by atoms with E-state index in [2.05, 4.69) is 12.2 Å².